The number of hydrogen-bond donors (Lipinski definition) is 0. The summed E-state index contributed by atoms with van der Waals surface area (Å²) in [6.07, 6.45) is 0.761. The van der Waals surface area contributed by atoms with Crippen LogP contribution in [0.15, 0.2) is 77.7 Å². The molecule has 0 atom stereocenters. The Morgan fingerprint density at radius 1 is 0.969 bits per heavy atom. The van der Waals surface area contributed by atoms with Gasteiger partial charge in [0.1, 0.15) is 0 Å². The molecule has 1 aliphatic rings. The Hall–Kier alpha value is -2.67. The molecule has 0 saturated carbocycles. The second-order valence-corrected chi connectivity index (χ2v) is 10.4. The van der Waals surface area contributed by atoms with Crippen molar-refractivity contribution >= 4 is 27.5 Å². The van der Waals surface area contributed by atoms with E-state index in [-0.39, 0.29) is 23.9 Å². The fourth-order valence-electron chi connectivity index (χ4n) is 3.86. The zero-order valence-electron chi connectivity index (χ0n) is 17.9. The number of carbonyl (C=O) groups excluding carboxylic acids is 1. The number of sulfonamides is 1. The zero-order chi connectivity index (χ0) is 22.7. The normalized spacial score (nSPS) is 13.8. The summed E-state index contributed by atoms with van der Waals surface area (Å²) in [5.74, 6) is -0.220. The highest BCUT2D eigenvalue weighted by atomic mass is 35.5. The molecule has 0 aromatic heterocycles. The van der Waals surface area contributed by atoms with E-state index in [0.717, 1.165) is 17.5 Å². The lowest BCUT2D eigenvalue weighted by molar-refractivity contribution is -0.132. The Morgan fingerprint density at radius 2 is 1.62 bits per heavy atom. The molecule has 3 aromatic carbocycles. The molecule has 0 fully saturated rings. The molecule has 4 rings (SSSR count). The summed E-state index contributed by atoms with van der Waals surface area (Å²) in [5, 5.41) is 0.468. The van der Waals surface area contributed by atoms with Crippen molar-refractivity contribution < 1.29 is 13.2 Å². The van der Waals surface area contributed by atoms with Crippen molar-refractivity contribution in [1.29, 1.82) is 0 Å². The van der Waals surface area contributed by atoms with Crippen LogP contribution in [0.2, 0.25) is 5.02 Å². The van der Waals surface area contributed by atoms with Crippen LogP contribution < -0.4 is 0 Å². The molecule has 0 bridgehead atoms. The summed E-state index contributed by atoms with van der Waals surface area (Å²) >= 11 is 6.31. The van der Waals surface area contributed by atoms with Crippen LogP contribution in [0.5, 0.6) is 0 Å². The van der Waals surface area contributed by atoms with E-state index in [1.54, 1.807) is 53.4 Å². The van der Waals surface area contributed by atoms with Crippen molar-refractivity contribution in [1.82, 2.24) is 9.21 Å². The first-order valence-electron chi connectivity index (χ1n) is 10.5. The average molecular weight is 469 g/mol. The standard InChI is InChI=1S/C25H25ClN2O3S/c1-19-10-12-23(13-11-19)32(30,31)28(17-22-8-4-5-9-24(22)26)18-25(29)27-15-14-20-6-2-3-7-21(20)16-27/h2-13H,14-18H2,1H3. The highest BCUT2D eigenvalue weighted by Gasteiger charge is 2.30. The Kier molecular flexibility index (Phi) is 6.65. The van der Waals surface area contributed by atoms with Crippen LogP contribution in [0.1, 0.15) is 22.3 Å². The van der Waals surface area contributed by atoms with E-state index in [1.807, 2.05) is 25.1 Å². The number of aryl methyl sites for hydroxylation is 1. The van der Waals surface area contributed by atoms with Crippen molar-refractivity contribution in [3.63, 3.8) is 0 Å². The van der Waals surface area contributed by atoms with Crippen LogP contribution in [-0.4, -0.2) is 36.6 Å². The molecule has 32 heavy (non-hydrogen) atoms. The number of amides is 1. The van der Waals surface area contributed by atoms with E-state index < -0.39 is 10.0 Å². The largest absolute Gasteiger partial charge is 0.337 e. The lowest BCUT2D eigenvalue weighted by Gasteiger charge is -2.31. The number of rotatable bonds is 6. The van der Waals surface area contributed by atoms with Gasteiger partial charge in [-0.05, 0) is 48.2 Å². The van der Waals surface area contributed by atoms with Gasteiger partial charge in [-0.25, -0.2) is 8.42 Å². The maximum absolute atomic E-state index is 13.5. The second kappa shape index (κ2) is 9.45. The molecule has 166 valence electrons. The molecule has 0 unspecified atom stereocenters. The maximum Gasteiger partial charge on any atom is 0.243 e. The Bertz CT molecular complexity index is 1230. The SMILES string of the molecule is Cc1ccc(S(=O)(=O)N(CC(=O)N2CCc3ccccc3C2)Cc2ccccc2Cl)cc1. The smallest absolute Gasteiger partial charge is 0.243 e. The van der Waals surface area contributed by atoms with E-state index in [9.17, 15) is 13.2 Å². The summed E-state index contributed by atoms with van der Waals surface area (Å²) in [7, 11) is -3.90. The highest BCUT2D eigenvalue weighted by Crippen LogP contribution is 2.24. The van der Waals surface area contributed by atoms with Crippen LogP contribution in [-0.2, 0) is 34.3 Å². The van der Waals surface area contributed by atoms with Crippen LogP contribution in [0.3, 0.4) is 0 Å². The van der Waals surface area contributed by atoms with Crippen molar-refractivity contribution in [3.05, 3.63) is 100 Å². The minimum absolute atomic E-state index is 0.0199. The molecule has 7 heteroatoms. The monoisotopic (exact) mass is 468 g/mol. The number of nitrogens with zero attached hydrogens (tertiary/aromatic N) is 2. The van der Waals surface area contributed by atoms with E-state index in [1.165, 1.54) is 9.87 Å². The van der Waals surface area contributed by atoms with Crippen molar-refractivity contribution in [3.8, 4) is 0 Å². The first kappa shape index (κ1) is 22.5. The van der Waals surface area contributed by atoms with E-state index in [2.05, 4.69) is 6.07 Å². The number of carbonyl (C=O) groups is 1. The van der Waals surface area contributed by atoms with Gasteiger partial charge in [0.2, 0.25) is 15.9 Å². The second-order valence-electron chi connectivity index (χ2n) is 8.01. The number of benzene rings is 3. The molecule has 1 heterocycles. The van der Waals surface area contributed by atoms with E-state index in [0.29, 0.717) is 23.7 Å². The predicted octanol–water partition coefficient (Wildman–Crippen LogP) is 4.42. The first-order chi connectivity index (χ1) is 15.3. The third-order valence-corrected chi connectivity index (χ3v) is 7.93. The third-order valence-electron chi connectivity index (χ3n) is 5.76. The molecular weight excluding hydrogens is 444 g/mol. The van der Waals surface area contributed by atoms with E-state index >= 15 is 0 Å². The summed E-state index contributed by atoms with van der Waals surface area (Å²) in [5.41, 5.74) is 3.95. The Balaban J connectivity index is 1.61. The van der Waals surface area contributed by atoms with Gasteiger partial charge in [0.15, 0.2) is 0 Å². The molecule has 0 spiro atoms. The molecule has 0 N–H and O–H groups in total. The lowest BCUT2D eigenvalue weighted by atomic mass is 10.00. The zero-order valence-corrected chi connectivity index (χ0v) is 19.4. The summed E-state index contributed by atoms with van der Waals surface area (Å²) < 4.78 is 28.2. The van der Waals surface area contributed by atoms with Crippen molar-refractivity contribution in [2.75, 3.05) is 13.1 Å². The molecule has 0 radical (unpaired) electrons. The van der Waals surface area contributed by atoms with Gasteiger partial charge < -0.3 is 4.90 Å². The van der Waals surface area contributed by atoms with Crippen LogP contribution in [0.4, 0.5) is 0 Å². The number of fused-ring (bicyclic) bond motifs is 1. The topological polar surface area (TPSA) is 57.7 Å². The molecular formula is C25H25ClN2O3S. The third kappa shape index (κ3) is 4.88. The molecule has 1 aliphatic heterocycles. The Morgan fingerprint density at radius 3 is 2.34 bits per heavy atom. The Labute approximate surface area is 194 Å². The van der Waals surface area contributed by atoms with E-state index in [4.69, 9.17) is 11.6 Å². The number of hydrogen-bond acceptors (Lipinski definition) is 3. The van der Waals surface area contributed by atoms with Crippen LogP contribution in [0, 0.1) is 6.92 Å². The number of halogens is 1. The maximum atomic E-state index is 13.5. The minimum Gasteiger partial charge on any atom is -0.337 e. The fourth-order valence-corrected chi connectivity index (χ4v) is 5.42. The molecule has 1 amide bonds. The molecule has 5 nitrogen and oxygen atoms in total. The van der Waals surface area contributed by atoms with Crippen LogP contribution in [0.25, 0.3) is 0 Å². The summed E-state index contributed by atoms with van der Waals surface area (Å²) in [4.78, 5) is 15.1. The van der Waals surface area contributed by atoms with Gasteiger partial charge in [-0.15, -0.1) is 0 Å². The highest BCUT2D eigenvalue weighted by molar-refractivity contribution is 7.89. The van der Waals surface area contributed by atoms with Gasteiger partial charge in [-0.3, -0.25) is 4.79 Å². The van der Waals surface area contributed by atoms with Gasteiger partial charge in [0, 0.05) is 24.7 Å². The summed E-state index contributed by atoms with van der Waals surface area (Å²) in [6.45, 7) is 2.73. The average Bonchev–Trinajstić information content (AvgIpc) is 2.80. The van der Waals surface area contributed by atoms with Gasteiger partial charge >= 0.3 is 0 Å². The minimum atomic E-state index is -3.90. The quantitative estimate of drug-likeness (QED) is 0.538. The van der Waals surface area contributed by atoms with Crippen molar-refractivity contribution in [2.45, 2.75) is 31.3 Å². The van der Waals surface area contributed by atoms with Gasteiger partial charge in [-0.1, -0.05) is 71.8 Å². The molecule has 3 aromatic rings. The molecule has 0 aliphatic carbocycles. The first-order valence-corrected chi connectivity index (χ1v) is 12.3. The molecule has 0 saturated heterocycles. The van der Waals surface area contributed by atoms with Crippen LogP contribution >= 0.6 is 11.6 Å². The summed E-state index contributed by atoms with van der Waals surface area (Å²) in [6, 6.07) is 21.8. The predicted molar refractivity (Wildman–Crippen MR) is 126 cm³/mol. The van der Waals surface area contributed by atoms with Gasteiger partial charge in [-0.2, -0.15) is 4.31 Å². The van der Waals surface area contributed by atoms with Gasteiger partial charge in [0.05, 0.1) is 11.4 Å². The lowest BCUT2D eigenvalue weighted by Crippen LogP contribution is -2.44. The fraction of sp³-hybridized carbons (Fsp3) is 0.240. The van der Waals surface area contributed by atoms with Gasteiger partial charge in [0.25, 0.3) is 0 Å². The van der Waals surface area contributed by atoms with Crippen molar-refractivity contribution in [2.24, 2.45) is 0 Å².